The smallest absolute Gasteiger partial charge is 0.251 e. The van der Waals surface area contributed by atoms with E-state index in [0.717, 1.165) is 5.69 Å². The molecule has 144 valence electrons. The summed E-state index contributed by atoms with van der Waals surface area (Å²) in [5, 5.41) is 4.27. The van der Waals surface area contributed by atoms with Gasteiger partial charge in [0.25, 0.3) is 5.92 Å². The Labute approximate surface area is 150 Å². The number of amides is 2. The Hall–Kier alpha value is -2.03. The molecule has 0 saturated carbocycles. The van der Waals surface area contributed by atoms with Gasteiger partial charge in [-0.1, -0.05) is 0 Å². The molecule has 2 aliphatic rings. The van der Waals surface area contributed by atoms with E-state index in [9.17, 15) is 18.4 Å². The number of hydrogen-bond donors (Lipinski definition) is 0. The highest BCUT2D eigenvalue weighted by Crippen LogP contribution is 2.29. The van der Waals surface area contributed by atoms with Crippen molar-refractivity contribution in [2.75, 3.05) is 32.8 Å². The SMILES string of the molecule is CCOCC(=O)N1Cc2ccnn2C(CC(=O)N2CCC(F)(F)CC2)C1. The number of hydrogen-bond acceptors (Lipinski definition) is 4. The van der Waals surface area contributed by atoms with Crippen molar-refractivity contribution in [2.24, 2.45) is 0 Å². The maximum Gasteiger partial charge on any atom is 0.251 e. The number of carbonyl (C=O) groups excluding carboxylic acids is 2. The standard InChI is InChI=1S/C17H24F2N4O3/c1-2-26-12-16(25)22-10-13-3-6-20-23(13)14(11-22)9-15(24)21-7-4-17(18,19)5-8-21/h3,6,14H,2,4-5,7-12H2,1H3. The molecule has 26 heavy (non-hydrogen) atoms. The van der Waals surface area contributed by atoms with Gasteiger partial charge in [0.2, 0.25) is 11.8 Å². The summed E-state index contributed by atoms with van der Waals surface area (Å²) in [4.78, 5) is 28.0. The van der Waals surface area contributed by atoms with Gasteiger partial charge in [0.15, 0.2) is 0 Å². The van der Waals surface area contributed by atoms with Gasteiger partial charge in [0.05, 0.1) is 24.7 Å². The van der Waals surface area contributed by atoms with E-state index >= 15 is 0 Å². The van der Waals surface area contributed by atoms with E-state index in [-0.39, 0.29) is 56.8 Å². The minimum absolute atomic E-state index is 0.00646. The van der Waals surface area contributed by atoms with Gasteiger partial charge in [0.1, 0.15) is 6.61 Å². The minimum Gasteiger partial charge on any atom is -0.372 e. The van der Waals surface area contributed by atoms with Gasteiger partial charge in [-0.15, -0.1) is 0 Å². The topological polar surface area (TPSA) is 67.7 Å². The van der Waals surface area contributed by atoms with Crippen molar-refractivity contribution in [3.8, 4) is 0 Å². The summed E-state index contributed by atoms with van der Waals surface area (Å²) in [6, 6.07) is 1.52. The molecule has 7 nitrogen and oxygen atoms in total. The number of nitrogens with zero attached hydrogens (tertiary/aromatic N) is 4. The van der Waals surface area contributed by atoms with Crippen LogP contribution < -0.4 is 0 Å². The molecule has 0 N–H and O–H groups in total. The lowest BCUT2D eigenvalue weighted by Crippen LogP contribution is -2.46. The zero-order valence-corrected chi connectivity index (χ0v) is 14.9. The lowest BCUT2D eigenvalue weighted by atomic mass is 10.0. The first-order valence-electron chi connectivity index (χ1n) is 8.93. The second-order valence-corrected chi connectivity index (χ2v) is 6.77. The molecule has 1 atom stereocenters. The first-order valence-corrected chi connectivity index (χ1v) is 8.93. The van der Waals surface area contributed by atoms with Gasteiger partial charge in [-0.3, -0.25) is 14.3 Å². The van der Waals surface area contributed by atoms with Crippen LogP contribution in [0.1, 0.15) is 37.9 Å². The van der Waals surface area contributed by atoms with E-state index in [1.807, 2.05) is 13.0 Å². The highest BCUT2D eigenvalue weighted by molar-refractivity contribution is 5.79. The van der Waals surface area contributed by atoms with Gasteiger partial charge in [-0.2, -0.15) is 5.10 Å². The van der Waals surface area contributed by atoms with Crippen LogP contribution in [0, 0.1) is 0 Å². The number of carbonyl (C=O) groups is 2. The van der Waals surface area contributed by atoms with Crippen LogP contribution in [0.15, 0.2) is 12.3 Å². The third-order valence-corrected chi connectivity index (χ3v) is 4.92. The summed E-state index contributed by atoms with van der Waals surface area (Å²) < 4.78 is 33.5. The molecule has 3 heterocycles. The Bertz CT molecular complexity index is 654. The van der Waals surface area contributed by atoms with Crippen LogP contribution in [-0.2, 0) is 20.9 Å². The van der Waals surface area contributed by atoms with Crippen LogP contribution in [0.25, 0.3) is 0 Å². The van der Waals surface area contributed by atoms with Crippen LogP contribution in [0.5, 0.6) is 0 Å². The number of fused-ring (bicyclic) bond motifs is 1. The number of likely N-dealkylation sites (tertiary alicyclic amines) is 1. The predicted octanol–water partition coefficient (Wildman–Crippen LogP) is 1.45. The fourth-order valence-electron chi connectivity index (χ4n) is 3.42. The molecule has 0 bridgehead atoms. The second kappa shape index (κ2) is 7.69. The van der Waals surface area contributed by atoms with E-state index in [0.29, 0.717) is 19.7 Å². The number of aromatic nitrogens is 2. The fourth-order valence-corrected chi connectivity index (χ4v) is 3.42. The van der Waals surface area contributed by atoms with Crippen molar-refractivity contribution in [1.29, 1.82) is 0 Å². The molecule has 2 amide bonds. The third kappa shape index (κ3) is 4.20. The molecule has 0 radical (unpaired) electrons. The van der Waals surface area contributed by atoms with Crippen LogP contribution in [-0.4, -0.2) is 70.2 Å². The van der Waals surface area contributed by atoms with E-state index in [1.165, 1.54) is 4.90 Å². The lowest BCUT2D eigenvalue weighted by Gasteiger charge is -2.36. The monoisotopic (exact) mass is 370 g/mol. The predicted molar refractivity (Wildman–Crippen MR) is 88.6 cm³/mol. The fraction of sp³-hybridized carbons (Fsp3) is 0.706. The number of alkyl halides is 2. The first-order chi connectivity index (χ1) is 12.4. The lowest BCUT2D eigenvalue weighted by molar-refractivity contribution is -0.142. The van der Waals surface area contributed by atoms with Gasteiger partial charge >= 0.3 is 0 Å². The maximum absolute atomic E-state index is 13.3. The maximum atomic E-state index is 13.3. The van der Waals surface area contributed by atoms with Crippen LogP contribution >= 0.6 is 0 Å². The number of rotatable bonds is 5. The molecular weight excluding hydrogens is 346 g/mol. The summed E-state index contributed by atoms with van der Waals surface area (Å²) in [5.41, 5.74) is 0.851. The highest BCUT2D eigenvalue weighted by Gasteiger charge is 2.37. The second-order valence-electron chi connectivity index (χ2n) is 6.77. The molecule has 1 aromatic heterocycles. The Morgan fingerprint density at radius 2 is 2.00 bits per heavy atom. The van der Waals surface area contributed by atoms with Crippen LogP contribution in [0.2, 0.25) is 0 Å². The van der Waals surface area contributed by atoms with E-state index in [2.05, 4.69) is 5.10 Å². The minimum atomic E-state index is -2.68. The summed E-state index contributed by atoms with van der Waals surface area (Å²) in [7, 11) is 0. The molecule has 9 heteroatoms. The average Bonchev–Trinajstić information content (AvgIpc) is 3.08. The molecule has 2 aliphatic heterocycles. The van der Waals surface area contributed by atoms with Gasteiger partial charge in [0, 0.05) is 45.3 Å². The third-order valence-electron chi connectivity index (χ3n) is 4.92. The average molecular weight is 370 g/mol. The molecule has 0 aliphatic carbocycles. The Kier molecular flexibility index (Phi) is 5.55. The molecule has 1 aromatic rings. The highest BCUT2D eigenvalue weighted by atomic mass is 19.3. The molecule has 1 unspecified atom stereocenters. The molecule has 1 saturated heterocycles. The molecule has 1 fully saturated rings. The van der Waals surface area contributed by atoms with Crippen molar-refractivity contribution in [1.82, 2.24) is 19.6 Å². The van der Waals surface area contributed by atoms with Crippen molar-refractivity contribution < 1.29 is 23.1 Å². The van der Waals surface area contributed by atoms with Gasteiger partial charge in [-0.05, 0) is 13.0 Å². The zero-order valence-electron chi connectivity index (χ0n) is 14.9. The van der Waals surface area contributed by atoms with Gasteiger partial charge in [-0.25, -0.2) is 8.78 Å². The first kappa shape index (κ1) is 18.8. The van der Waals surface area contributed by atoms with E-state index in [1.54, 1.807) is 15.8 Å². The summed E-state index contributed by atoms with van der Waals surface area (Å²) >= 11 is 0. The number of piperidine rings is 1. The van der Waals surface area contributed by atoms with Crippen LogP contribution in [0.3, 0.4) is 0 Å². The van der Waals surface area contributed by atoms with Crippen molar-refractivity contribution >= 4 is 11.8 Å². The number of ether oxygens (including phenoxy) is 1. The van der Waals surface area contributed by atoms with Gasteiger partial charge < -0.3 is 14.5 Å². The van der Waals surface area contributed by atoms with Crippen LogP contribution in [0.4, 0.5) is 8.78 Å². The van der Waals surface area contributed by atoms with Crippen molar-refractivity contribution in [3.05, 3.63) is 18.0 Å². The van der Waals surface area contributed by atoms with Crippen molar-refractivity contribution in [3.63, 3.8) is 0 Å². The van der Waals surface area contributed by atoms with E-state index in [4.69, 9.17) is 4.74 Å². The Balaban J connectivity index is 1.65. The summed E-state index contributed by atoms with van der Waals surface area (Å²) in [5.74, 6) is -2.99. The molecule has 0 aromatic carbocycles. The van der Waals surface area contributed by atoms with Crippen molar-refractivity contribution in [2.45, 2.75) is 44.7 Å². The molecular formula is C17H24F2N4O3. The number of halogens is 2. The molecule has 3 rings (SSSR count). The quantitative estimate of drug-likeness (QED) is 0.787. The normalized spacial score (nSPS) is 22.2. The zero-order chi connectivity index (χ0) is 18.7. The summed E-state index contributed by atoms with van der Waals surface area (Å²) in [6.07, 6.45) is 1.19. The Morgan fingerprint density at radius 1 is 1.27 bits per heavy atom. The largest absolute Gasteiger partial charge is 0.372 e. The summed E-state index contributed by atoms with van der Waals surface area (Å²) in [6.45, 7) is 3.20. The Morgan fingerprint density at radius 3 is 2.69 bits per heavy atom. The molecule has 0 spiro atoms. The van der Waals surface area contributed by atoms with E-state index < -0.39 is 5.92 Å².